The van der Waals surface area contributed by atoms with Gasteiger partial charge in [0.25, 0.3) is 5.56 Å². The van der Waals surface area contributed by atoms with Crippen LogP contribution in [0.4, 0.5) is 0 Å². The lowest BCUT2D eigenvalue weighted by atomic mass is 10.2. The summed E-state index contributed by atoms with van der Waals surface area (Å²) in [5.41, 5.74) is 0.451. The van der Waals surface area contributed by atoms with Crippen LogP contribution in [0.15, 0.2) is 69.2 Å². The van der Waals surface area contributed by atoms with E-state index < -0.39 is 11.2 Å². The van der Waals surface area contributed by atoms with E-state index in [-0.39, 0.29) is 22.6 Å². The van der Waals surface area contributed by atoms with Gasteiger partial charge in [-0.25, -0.2) is 14.8 Å². The van der Waals surface area contributed by atoms with E-state index in [4.69, 9.17) is 4.74 Å². The van der Waals surface area contributed by atoms with E-state index in [2.05, 4.69) is 9.97 Å². The van der Waals surface area contributed by atoms with Gasteiger partial charge in [-0.1, -0.05) is 54.2 Å². The second-order valence-corrected chi connectivity index (χ2v) is 8.03. The Morgan fingerprint density at radius 3 is 2.47 bits per heavy atom. The van der Waals surface area contributed by atoms with Crippen LogP contribution >= 0.6 is 11.8 Å². The number of aryl methyl sites for hydroxylation is 1. The molecule has 0 radical (unpaired) electrons. The first-order chi connectivity index (χ1) is 15.4. The molecular weight excluding hydrogens is 428 g/mol. The van der Waals surface area contributed by atoms with Gasteiger partial charge in [0, 0.05) is 25.2 Å². The first kappa shape index (κ1) is 21.5. The average molecular weight is 449 g/mol. The zero-order chi connectivity index (χ0) is 22.8. The van der Waals surface area contributed by atoms with Crippen LogP contribution in [0.1, 0.15) is 10.4 Å². The van der Waals surface area contributed by atoms with Crippen molar-refractivity contribution in [2.45, 2.75) is 5.03 Å². The third-order valence-electron chi connectivity index (χ3n) is 5.03. The number of ketones is 1. The quantitative estimate of drug-likeness (QED) is 0.254. The number of benzene rings is 2. The molecule has 4 rings (SSSR count). The van der Waals surface area contributed by atoms with Crippen LogP contribution < -0.4 is 16.0 Å². The van der Waals surface area contributed by atoms with Crippen molar-refractivity contribution >= 4 is 28.6 Å². The number of rotatable bonds is 6. The van der Waals surface area contributed by atoms with Crippen LogP contribution in [-0.4, -0.2) is 37.7 Å². The van der Waals surface area contributed by atoms with Crippen molar-refractivity contribution in [3.63, 3.8) is 0 Å². The first-order valence-electron chi connectivity index (χ1n) is 9.74. The topological polar surface area (TPSA) is 96.1 Å². The molecule has 0 saturated heterocycles. The maximum absolute atomic E-state index is 12.9. The summed E-state index contributed by atoms with van der Waals surface area (Å²) in [5, 5.41) is 0.542. The van der Waals surface area contributed by atoms with E-state index in [1.807, 2.05) is 12.1 Å². The van der Waals surface area contributed by atoms with E-state index in [0.717, 1.165) is 16.3 Å². The zero-order valence-corrected chi connectivity index (χ0v) is 18.5. The molecule has 2 aromatic heterocycles. The van der Waals surface area contributed by atoms with Crippen molar-refractivity contribution in [1.29, 1.82) is 0 Å². The van der Waals surface area contributed by atoms with Gasteiger partial charge >= 0.3 is 5.69 Å². The molecule has 0 amide bonds. The number of hydrogen-bond donors (Lipinski definition) is 0. The highest BCUT2D eigenvalue weighted by molar-refractivity contribution is 8.00. The maximum atomic E-state index is 12.9. The van der Waals surface area contributed by atoms with Crippen LogP contribution in [0.3, 0.4) is 0 Å². The molecule has 0 spiro atoms. The standard InChI is InChI=1S/C23H20N4O4S/c1-26-20-18(22(29)27(2)23(26)30)21(32-13-17(28)14-8-5-4-6-9-14)25-19(24-20)15-10-7-11-16(12-15)31-3/h4-12H,13H2,1-3H3. The number of fused-ring (bicyclic) bond motifs is 1. The second-order valence-electron chi connectivity index (χ2n) is 7.07. The van der Waals surface area contributed by atoms with Crippen molar-refractivity contribution < 1.29 is 9.53 Å². The van der Waals surface area contributed by atoms with Gasteiger partial charge in [0.05, 0.1) is 12.9 Å². The summed E-state index contributed by atoms with van der Waals surface area (Å²) < 4.78 is 7.61. The first-order valence-corrected chi connectivity index (χ1v) is 10.7. The molecule has 0 fully saturated rings. The summed E-state index contributed by atoms with van der Waals surface area (Å²) in [5.74, 6) is 0.943. The van der Waals surface area contributed by atoms with E-state index in [1.54, 1.807) is 56.6 Å². The number of carbonyl (C=O) groups excluding carboxylic acids is 1. The van der Waals surface area contributed by atoms with Crippen molar-refractivity contribution in [1.82, 2.24) is 19.1 Å². The molecule has 0 aliphatic carbocycles. The molecule has 32 heavy (non-hydrogen) atoms. The van der Waals surface area contributed by atoms with Gasteiger partial charge in [-0.3, -0.25) is 18.7 Å². The van der Waals surface area contributed by atoms with Crippen LogP contribution in [0.2, 0.25) is 0 Å². The minimum Gasteiger partial charge on any atom is -0.497 e. The summed E-state index contributed by atoms with van der Waals surface area (Å²) in [6.45, 7) is 0. The summed E-state index contributed by atoms with van der Waals surface area (Å²) >= 11 is 1.15. The number of hydrogen-bond acceptors (Lipinski definition) is 7. The van der Waals surface area contributed by atoms with Crippen molar-refractivity contribution in [3.8, 4) is 17.1 Å². The Balaban J connectivity index is 1.88. The molecule has 0 atom stereocenters. The van der Waals surface area contributed by atoms with Crippen molar-refractivity contribution in [2.75, 3.05) is 12.9 Å². The van der Waals surface area contributed by atoms with E-state index in [9.17, 15) is 14.4 Å². The summed E-state index contributed by atoms with van der Waals surface area (Å²) in [4.78, 5) is 47.2. The van der Waals surface area contributed by atoms with Gasteiger partial charge in [-0.15, -0.1) is 0 Å². The maximum Gasteiger partial charge on any atom is 0.332 e. The van der Waals surface area contributed by atoms with E-state index >= 15 is 0 Å². The van der Waals surface area contributed by atoms with Crippen LogP contribution in [0.25, 0.3) is 22.4 Å². The fourth-order valence-electron chi connectivity index (χ4n) is 3.27. The molecule has 0 saturated carbocycles. The predicted molar refractivity (Wildman–Crippen MR) is 124 cm³/mol. The third kappa shape index (κ3) is 3.94. The number of Topliss-reactive ketones (excluding diaryl/α,β-unsaturated/α-hetero) is 1. The van der Waals surface area contributed by atoms with Crippen molar-refractivity contribution in [2.24, 2.45) is 14.1 Å². The second kappa shape index (κ2) is 8.80. The lowest BCUT2D eigenvalue weighted by molar-refractivity contribution is 0.102. The fourth-order valence-corrected chi connectivity index (χ4v) is 4.17. The minimum atomic E-state index is -0.505. The molecule has 0 bridgehead atoms. The molecule has 162 valence electrons. The van der Waals surface area contributed by atoms with Crippen molar-refractivity contribution in [3.05, 3.63) is 81.0 Å². The van der Waals surface area contributed by atoms with Gasteiger partial charge in [-0.2, -0.15) is 0 Å². The van der Waals surface area contributed by atoms with Gasteiger partial charge in [0.15, 0.2) is 17.3 Å². The largest absolute Gasteiger partial charge is 0.497 e. The van der Waals surface area contributed by atoms with E-state index in [0.29, 0.717) is 27.7 Å². The zero-order valence-electron chi connectivity index (χ0n) is 17.7. The lowest BCUT2D eigenvalue weighted by Gasteiger charge is -2.12. The molecule has 2 aromatic carbocycles. The van der Waals surface area contributed by atoms with Crippen LogP contribution in [-0.2, 0) is 14.1 Å². The van der Waals surface area contributed by atoms with Gasteiger partial charge < -0.3 is 4.74 Å². The summed E-state index contributed by atoms with van der Waals surface area (Å²) in [6.07, 6.45) is 0. The Labute approximate surface area is 187 Å². The number of ether oxygens (including phenoxy) is 1. The number of nitrogens with zero attached hydrogens (tertiary/aromatic N) is 4. The molecule has 8 nitrogen and oxygen atoms in total. The Kier molecular flexibility index (Phi) is 5.91. The number of thioether (sulfide) groups is 1. The molecular formula is C23H20N4O4S. The molecule has 0 aliphatic rings. The number of carbonyl (C=O) groups is 1. The molecule has 0 N–H and O–H groups in total. The minimum absolute atomic E-state index is 0.0830. The highest BCUT2D eigenvalue weighted by atomic mass is 32.2. The smallest absolute Gasteiger partial charge is 0.332 e. The monoisotopic (exact) mass is 448 g/mol. The SMILES string of the molecule is COc1cccc(-c2nc(SCC(=O)c3ccccc3)c3c(=O)n(C)c(=O)n(C)c3n2)c1. The summed E-state index contributed by atoms with van der Waals surface area (Å²) in [6, 6.07) is 16.1. The number of aromatic nitrogens is 4. The normalized spacial score (nSPS) is 11.0. The van der Waals surface area contributed by atoms with Crippen LogP contribution in [0.5, 0.6) is 5.75 Å². The lowest BCUT2D eigenvalue weighted by Crippen LogP contribution is -2.37. The van der Waals surface area contributed by atoms with Gasteiger partial charge in [0.1, 0.15) is 16.2 Å². The summed E-state index contributed by atoms with van der Waals surface area (Å²) in [7, 11) is 4.52. The Morgan fingerprint density at radius 1 is 1.00 bits per heavy atom. The molecule has 0 unspecified atom stereocenters. The Morgan fingerprint density at radius 2 is 1.75 bits per heavy atom. The Hall–Kier alpha value is -3.72. The van der Waals surface area contributed by atoms with E-state index in [1.165, 1.54) is 11.6 Å². The Bertz CT molecular complexity index is 1440. The molecule has 4 aromatic rings. The van der Waals surface area contributed by atoms with Gasteiger partial charge in [0.2, 0.25) is 0 Å². The third-order valence-corrected chi connectivity index (χ3v) is 6.01. The molecule has 0 aliphatic heterocycles. The molecule has 2 heterocycles. The molecule has 9 heteroatoms. The fraction of sp³-hybridized carbons (Fsp3) is 0.174. The average Bonchev–Trinajstić information content (AvgIpc) is 2.84. The number of methoxy groups -OCH3 is 1. The highest BCUT2D eigenvalue weighted by Gasteiger charge is 2.19. The highest BCUT2D eigenvalue weighted by Crippen LogP contribution is 2.28. The van der Waals surface area contributed by atoms with Gasteiger partial charge in [-0.05, 0) is 12.1 Å². The predicted octanol–water partition coefficient (Wildman–Crippen LogP) is 2.68. The van der Waals surface area contributed by atoms with Crippen LogP contribution in [0, 0.1) is 0 Å².